The lowest BCUT2D eigenvalue weighted by molar-refractivity contribution is 0.0688. The summed E-state index contributed by atoms with van der Waals surface area (Å²) in [5, 5.41) is 2.29. The smallest absolute Gasteiger partial charge is 0.410 e. The molecule has 0 fully saturated rings. The van der Waals surface area contributed by atoms with E-state index >= 15 is 0 Å². The van der Waals surface area contributed by atoms with Crippen molar-refractivity contribution in [2.24, 2.45) is 0 Å². The first-order valence-electron chi connectivity index (χ1n) is 15.7. The SMILES string of the molecule is COC(=O)N(C/C(I)=C(/C)C[Si](C)(C)C)[C@@H](CO[Si](C)(C)C(C)(C)C)CO[Si](c1ccccc1)(c1ccccc1)C(C)(C)C. The molecule has 44 heavy (non-hydrogen) atoms. The fourth-order valence-corrected chi connectivity index (χ4v) is 13.7. The van der Waals surface area contributed by atoms with E-state index < -0.39 is 24.7 Å². The number of nitrogens with zero attached hydrogens (tertiary/aromatic N) is 1. The van der Waals surface area contributed by atoms with Gasteiger partial charge < -0.3 is 13.6 Å². The molecule has 0 saturated carbocycles. The topological polar surface area (TPSA) is 48.0 Å². The lowest BCUT2D eigenvalue weighted by atomic mass is 10.2. The lowest BCUT2D eigenvalue weighted by Gasteiger charge is -2.45. The average molecular weight is 768 g/mol. The van der Waals surface area contributed by atoms with Crippen LogP contribution >= 0.6 is 22.6 Å². The molecule has 0 spiro atoms. The normalized spacial score (nSPS) is 14.6. The van der Waals surface area contributed by atoms with Crippen LogP contribution in [-0.4, -0.2) is 68.6 Å². The Kier molecular flexibility index (Phi) is 13.8. The van der Waals surface area contributed by atoms with E-state index in [0.29, 0.717) is 19.8 Å². The third kappa shape index (κ3) is 10.1. The van der Waals surface area contributed by atoms with Crippen molar-refractivity contribution in [3.8, 4) is 0 Å². The van der Waals surface area contributed by atoms with Crippen molar-refractivity contribution in [1.82, 2.24) is 4.90 Å². The standard InChI is InChI=1S/C35H58INO4Si3/c1-28(27-42(9,10)11)32(36)24-37(33(38)39-8)29(25-40-43(12,13)34(2,3)4)26-41-44(35(5,6)7,30-20-16-14-17-21-30)31-22-18-15-19-23-31/h14-23,29H,24-27H2,1-13H3/b32-28+/t29-/m0/s1. The molecule has 0 saturated heterocycles. The van der Waals surface area contributed by atoms with Gasteiger partial charge in [0.05, 0.1) is 32.9 Å². The third-order valence-electron chi connectivity index (χ3n) is 8.77. The van der Waals surface area contributed by atoms with Crippen LogP contribution in [0.15, 0.2) is 69.8 Å². The summed E-state index contributed by atoms with van der Waals surface area (Å²) < 4.78 is 20.8. The highest BCUT2D eigenvalue weighted by molar-refractivity contribution is 14.1. The molecule has 2 aromatic carbocycles. The molecular formula is C35H58INO4Si3. The number of allylic oxidation sites excluding steroid dienone is 1. The number of methoxy groups -OCH3 is 1. The quantitative estimate of drug-likeness (QED) is 0.151. The van der Waals surface area contributed by atoms with Gasteiger partial charge in [0.1, 0.15) is 0 Å². The van der Waals surface area contributed by atoms with Gasteiger partial charge in [-0.25, -0.2) is 4.79 Å². The Labute approximate surface area is 285 Å². The Bertz CT molecular complexity index is 1190. The number of benzene rings is 2. The van der Waals surface area contributed by atoms with Crippen LogP contribution in [0.3, 0.4) is 0 Å². The monoisotopic (exact) mass is 767 g/mol. The van der Waals surface area contributed by atoms with Gasteiger partial charge in [-0.2, -0.15) is 0 Å². The van der Waals surface area contributed by atoms with E-state index in [2.05, 4.69) is 164 Å². The highest BCUT2D eigenvalue weighted by atomic mass is 127. The molecule has 0 radical (unpaired) electrons. The molecule has 9 heteroatoms. The molecule has 0 heterocycles. The van der Waals surface area contributed by atoms with Crippen molar-refractivity contribution >= 4 is 63.8 Å². The summed E-state index contributed by atoms with van der Waals surface area (Å²) in [6.45, 7) is 28.7. The van der Waals surface area contributed by atoms with Crippen LogP contribution in [0.1, 0.15) is 48.5 Å². The van der Waals surface area contributed by atoms with Gasteiger partial charge in [-0.15, -0.1) is 0 Å². The Morgan fingerprint density at radius 3 is 1.64 bits per heavy atom. The van der Waals surface area contributed by atoms with Gasteiger partial charge in [0.15, 0.2) is 8.32 Å². The molecule has 5 nitrogen and oxygen atoms in total. The molecule has 1 amide bonds. The zero-order valence-corrected chi connectivity index (χ0v) is 34.8. The van der Waals surface area contributed by atoms with Crippen molar-refractivity contribution in [2.75, 3.05) is 26.9 Å². The number of halogens is 1. The van der Waals surface area contributed by atoms with E-state index in [1.54, 1.807) is 0 Å². The zero-order valence-electron chi connectivity index (χ0n) is 29.6. The predicted octanol–water partition coefficient (Wildman–Crippen LogP) is 9.07. The fourth-order valence-electron chi connectivity index (χ4n) is 5.37. The summed E-state index contributed by atoms with van der Waals surface area (Å²) in [6.07, 6.45) is -0.352. The minimum atomic E-state index is -2.84. The Balaban J connectivity index is 2.68. The van der Waals surface area contributed by atoms with Crippen molar-refractivity contribution in [3.05, 3.63) is 69.8 Å². The summed E-state index contributed by atoms with van der Waals surface area (Å²) in [5.74, 6) is 0. The van der Waals surface area contributed by atoms with Gasteiger partial charge in [0.25, 0.3) is 8.32 Å². The molecule has 0 N–H and O–H groups in total. The number of hydrogen-bond acceptors (Lipinski definition) is 4. The van der Waals surface area contributed by atoms with Crippen LogP contribution < -0.4 is 10.4 Å². The fraction of sp³-hybridized carbons (Fsp3) is 0.571. The number of rotatable bonds is 13. The molecule has 2 rings (SSSR count). The van der Waals surface area contributed by atoms with Gasteiger partial charge >= 0.3 is 6.09 Å². The third-order valence-corrected chi connectivity index (χ3v) is 21.1. The molecule has 0 bridgehead atoms. The molecule has 0 aliphatic rings. The Hall–Kier alpha value is -1.25. The van der Waals surface area contributed by atoms with Crippen molar-refractivity contribution < 1.29 is 18.4 Å². The van der Waals surface area contributed by atoms with Gasteiger partial charge in [0.2, 0.25) is 0 Å². The Morgan fingerprint density at radius 1 is 0.795 bits per heavy atom. The summed E-state index contributed by atoms with van der Waals surface area (Å²) in [5.41, 5.74) is 1.34. The molecule has 246 valence electrons. The second kappa shape index (κ2) is 15.6. The van der Waals surface area contributed by atoms with Crippen LogP contribution in [-0.2, 0) is 13.6 Å². The first-order valence-corrected chi connectivity index (χ1v) is 25.3. The molecule has 2 aromatic rings. The van der Waals surface area contributed by atoms with Gasteiger partial charge in [0, 0.05) is 11.7 Å². The number of amides is 1. The summed E-state index contributed by atoms with van der Waals surface area (Å²) in [6, 6.07) is 22.1. The largest absolute Gasteiger partial charge is 0.453 e. The number of carbonyl (C=O) groups is 1. The first kappa shape index (κ1) is 38.9. The first-order chi connectivity index (χ1) is 20.2. The molecule has 1 atom stereocenters. The number of ether oxygens (including phenoxy) is 1. The maximum atomic E-state index is 13.6. The Morgan fingerprint density at radius 2 is 1.25 bits per heavy atom. The van der Waals surface area contributed by atoms with Crippen molar-refractivity contribution in [1.29, 1.82) is 0 Å². The van der Waals surface area contributed by atoms with E-state index in [1.165, 1.54) is 26.6 Å². The average Bonchev–Trinajstić information content (AvgIpc) is 2.92. The van der Waals surface area contributed by atoms with Crippen LogP contribution in [0.25, 0.3) is 0 Å². The highest BCUT2D eigenvalue weighted by Gasteiger charge is 2.51. The van der Waals surface area contributed by atoms with E-state index in [4.69, 9.17) is 13.6 Å². The minimum Gasteiger partial charge on any atom is -0.453 e. The van der Waals surface area contributed by atoms with E-state index in [1.807, 2.05) is 4.90 Å². The maximum absolute atomic E-state index is 13.6. The molecule has 0 unspecified atom stereocenters. The second-order valence-electron chi connectivity index (χ2n) is 15.7. The molecule has 0 aromatic heterocycles. The van der Waals surface area contributed by atoms with Crippen LogP contribution in [0.5, 0.6) is 0 Å². The minimum absolute atomic E-state index is 0.0365. The second-order valence-corrected chi connectivity index (χ2v) is 31.6. The molecule has 0 aliphatic heterocycles. The maximum Gasteiger partial charge on any atom is 0.410 e. The summed E-state index contributed by atoms with van der Waals surface area (Å²) >= 11 is 2.43. The van der Waals surface area contributed by atoms with E-state index in [0.717, 1.165) is 6.04 Å². The lowest BCUT2D eigenvalue weighted by Crippen LogP contribution is -2.67. The van der Waals surface area contributed by atoms with E-state index in [-0.39, 0.29) is 22.2 Å². The summed E-state index contributed by atoms with van der Waals surface area (Å²) in [4.78, 5) is 15.4. The number of carbonyl (C=O) groups excluding carboxylic acids is 1. The van der Waals surface area contributed by atoms with Gasteiger partial charge in [-0.1, -0.05) is 127 Å². The van der Waals surface area contributed by atoms with Gasteiger partial charge in [-0.05, 0) is 69.1 Å². The summed E-state index contributed by atoms with van der Waals surface area (Å²) in [7, 11) is -4.82. The molecular weight excluding hydrogens is 710 g/mol. The highest BCUT2D eigenvalue weighted by Crippen LogP contribution is 2.39. The van der Waals surface area contributed by atoms with Crippen LogP contribution in [0, 0.1) is 0 Å². The van der Waals surface area contributed by atoms with Crippen molar-refractivity contribution in [3.63, 3.8) is 0 Å². The predicted molar refractivity (Wildman–Crippen MR) is 204 cm³/mol. The zero-order chi connectivity index (χ0) is 33.6. The van der Waals surface area contributed by atoms with Crippen molar-refractivity contribution in [2.45, 2.75) is 103 Å². The van der Waals surface area contributed by atoms with Crippen LogP contribution in [0.4, 0.5) is 4.79 Å². The molecule has 0 aliphatic carbocycles. The van der Waals surface area contributed by atoms with Crippen LogP contribution in [0.2, 0.25) is 48.9 Å². The van der Waals surface area contributed by atoms with Gasteiger partial charge in [-0.3, -0.25) is 4.90 Å². The van der Waals surface area contributed by atoms with E-state index in [9.17, 15) is 4.79 Å². The number of hydrogen-bond donors (Lipinski definition) is 0.